The molecule has 3 aromatic carbocycles. The number of aryl methyl sites for hydroxylation is 1. The third kappa shape index (κ3) is 3.30. The van der Waals surface area contributed by atoms with E-state index < -0.39 is 0 Å². The maximum absolute atomic E-state index is 4.80. The summed E-state index contributed by atoms with van der Waals surface area (Å²) < 4.78 is 4.58. The Bertz CT molecular complexity index is 908. The summed E-state index contributed by atoms with van der Waals surface area (Å²) in [4.78, 5) is 6.93. The van der Waals surface area contributed by atoms with Crippen molar-refractivity contribution < 1.29 is 0 Å². The molecule has 0 aliphatic carbocycles. The Morgan fingerprint density at radius 3 is 1.84 bits per heavy atom. The van der Waals surface area contributed by atoms with Gasteiger partial charge in [-0.05, 0) is 31.2 Å². The van der Waals surface area contributed by atoms with Gasteiger partial charge in [0.1, 0.15) is 0 Å². The summed E-state index contributed by atoms with van der Waals surface area (Å²) in [6, 6.07) is 28.8. The molecule has 0 atom stereocenters. The molecule has 3 nitrogen and oxygen atoms in total. The first-order chi connectivity index (χ1) is 12.3. The van der Waals surface area contributed by atoms with Crippen LogP contribution in [0.3, 0.4) is 0 Å². The number of anilines is 3. The molecule has 0 unspecified atom stereocenters. The predicted octanol–water partition coefficient (Wildman–Crippen LogP) is 5.98. The van der Waals surface area contributed by atoms with Crippen LogP contribution >= 0.6 is 11.5 Å². The van der Waals surface area contributed by atoms with Crippen molar-refractivity contribution >= 4 is 28.0 Å². The van der Waals surface area contributed by atoms with Crippen LogP contribution in [-0.4, -0.2) is 9.36 Å². The molecule has 4 heteroatoms. The van der Waals surface area contributed by atoms with Gasteiger partial charge in [-0.2, -0.15) is 9.36 Å². The van der Waals surface area contributed by atoms with Crippen molar-refractivity contribution in [2.45, 2.75) is 6.92 Å². The van der Waals surface area contributed by atoms with Crippen LogP contribution in [0.15, 0.2) is 84.9 Å². The van der Waals surface area contributed by atoms with Gasteiger partial charge < -0.3 is 0 Å². The summed E-state index contributed by atoms with van der Waals surface area (Å²) >= 11 is 1.41. The molecule has 4 rings (SSSR count). The van der Waals surface area contributed by atoms with Crippen molar-refractivity contribution in [2.75, 3.05) is 4.90 Å². The third-order valence-corrected chi connectivity index (χ3v) is 4.65. The minimum absolute atomic E-state index is 0.761. The van der Waals surface area contributed by atoms with E-state index >= 15 is 0 Å². The van der Waals surface area contributed by atoms with Gasteiger partial charge in [0.05, 0.1) is 0 Å². The van der Waals surface area contributed by atoms with Crippen molar-refractivity contribution in [2.24, 2.45) is 0 Å². The van der Waals surface area contributed by atoms with Gasteiger partial charge in [-0.15, -0.1) is 0 Å². The molecule has 25 heavy (non-hydrogen) atoms. The maximum atomic E-state index is 4.80. The van der Waals surface area contributed by atoms with E-state index in [0.29, 0.717) is 0 Å². The van der Waals surface area contributed by atoms with Crippen LogP contribution in [0, 0.1) is 6.92 Å². The third-order valence-electron chi connectivity index (χ3n) is 3.95. The SMILES string of the molecule is Cc1ccc(-c2nsc(N(c3ccccc3)c3ccccc3)n2)cc1. The summed E-state index contributed by atoms with van der Waals surface area (Å²) in [6.45, 7) is 2.08. The molecule has 4 aromatic rings. The molecule has 0 bridgehead atoms. The average molecular weight is 343 g/mol. The number of hydrogen-bond acceptors (Lipinski definition) is 4. The monoisotopic (exact) mass is 343 g/mol. The van der Waals surface area contributed by atoms with E-state index in [4.69, 9.17) is 4.98 Å². The van der Waals surface area contributed by atoms with Crippen LogP contribution < -0.4 is 4.90 Å². The first-order valence-corrected chi connectivity index (χ1v) is 8.89. The molecule has 0 fully saturated rings. The molecule has 1 aromatic heterocycles. The Kier molecular flexibility index (Phi) is 4.27. The van der Waals surface area contributed by atoms with Gasteiger partial charge in [-0.25, -0.2) is 0 Å². The lowest BCUT2D eigenvalue weighted by Gasteiger charge is -2.21. The number of para-hydroxylation sites is 2. The first kappa shape index (κ1) is 15.5. The predicted molar refractivity (Wildman–Crippen MR) is 105 cm³/mol. The standard InChI is InChI=1S/C21H17N3S/c1-16-12-14-17(15-13-16)20-22-21(25-23-20)24(18-8-4-2-5-9-18)19-10-6-3-7-11-19/h2-15H,1H3. The normalized spacial score (nSPS) is 10.6. The fraction of sp³-hybridized carbons (Fsp3) is 0.0476. The van der Waals surface area contributed by atoms with Crippen LogP contribution in [0.2, 0.25) is 0 Å². The second kappa shape index (κ2) is 6.87. The van der Waals surface area contributed by atoms with Crippen LogP contribution in [0.25, 0.3) is 11.4 Å². The second-order valence-electron chi connectivity index (χ2n) is 5.77. The van der Waals surface area contributed by atoms with Crippen molar-refractivity contribution in [3.63, 3.8) is 0 Å². The zero-order valence-electron chi connectivity index (χ0n) is 13.8. The zero-order valence-corrected chi connectivity index (χ0v) is 14.6. The molecule has 1 heterocycles. The van der Waals surface area contributed by atoms with E-state index in [2.05, 4.69) is 64.7 Å². The number of nitrogens with zero attached hydrogens (tertiary/aromatic N) is 3. The number of hydrogen-bond donors (Lipinski definition) is 0. The lowest BCUT2D eigenvalue weighted by Crippen LogP contribution is -2.09. The van der Waals surface area contributed by atoms with E-state index in [1.807, 2.05) is 36.4 Å². The van der Waals surface area contributed by atoms with Crippen molar-refractivity contribution in [1.82, 2.24) is 9.36 Å². The number of aromatic nitrogens is 2. The van der Waals surface area contributed by atoms with Crippen molar-refractivity contribution in [3.8, 4) is 11.4 Å². The van der Waals surface area contributed by atoms with E-state index in [9.17, 15) is 0 Å². The summed E-state index contributed by atoms with van der Waals surface area (Å²) in [6.07, 6.45) is 0. The van der Waals surface area contributed by atoms with Gasteiger partial charge in [0.15, 0.2) is 5.82 Å². The highest BCUT2D eigenvalue weighted by Gasteiger charge is 2.17. The topological polar surface area (TPSA) is 29.0 Å². The lowest BCUT2D eigenvalue weighted by molar-refractivity contribution is 1.22. The number of rotatable bonds is 4. The molecule has 0 amide bonds. The summed E-state index contributed by atoms with van der Waals surface area (Å²) in [5, 5.41) is 0.855. The first-order valence-electron chi connectivity index (χ1n) is 8.12. The average Bonchev–Trinajstić information content (AvgIpc) is 3.14. The van der Waals surface area contributed by atoms with Gasteiger partial charge in [0.25, 0.3) is 0 Å². The van der Waals surface area contributed by atoms with Gasteiger partial charge in [-0.1, -0.05) is 66.2 Å². The Balaban J connectivity index is 1.77. The Morgan fingerprint density at radius 2 is 1.28 bits per heavy atom. The second-order valence-corrected chi connectivity index (χ2v) is 6.50. The van der Waals surface area contributed by atoms with E-state index in [-0.39, 0.29) is 0 Å². The molecule has 0 radical (unpaired) electrons. The molecule has 0 aliphatic heterocycles. The quantitative estimate of drug-likeness (QED) is 0.456. The Morgan fingerprint density at radius 1 is 0.720 bits per heavy atom. The number of benzene rings is 3. The van der Waals surface area contributed by atoms with E-state index in [1.165, 1.54) is 17.1 Å². The van der Waals surface area contributed by atoms with Crippen molar-refractivity contribution in [1.29, 1.82) is 0 Å². The molecular weight excluding hydrogens is 326 g/mol. The summed E-state index contributed by atoms with van der Waals surface area (Å²) in [5.41, 5.74) is 4.41. The molecule has 0 saturated carbocycles. The van der Waals surface area contributed by atoms with Gasteiger partial charge in [0, 0.05) is 28.5 Å². The summed E-state index contributed by atoms with van der Waals surface area (Å²) in [7, 11) is 0. The van der Waals surface area contributed by atoms with Crippen LogP contribution in [0.5, 0.6) is 0 Å². The fourth-order valence-electron chi connectivity index (χ4n) is 2.65. The highest BCUT2D eigenvalue weighted by Crippen LogP contribution is 2.36. The molecule has 0 saturated heterocycles. The van der Waals surface area contributed by atoms with Gasteiger partial charge >= 0.3 is 0 Å². The zero-order chi connectivity index (χ0) is 17.1. The molecule has 0 spiro atoms. The van der Waals surface area contributed by atoms with Gasteiger partial charge in [0.2, 0.25) is 5.13 Å². The smallest absolute Gasteiger partial charge is 0.214 e. The van der Waals surface area contributed by atoms with Crippen molar-refractivity contribution in [3.05, 3.63) is 90.5 Å². The molecule has 0 aliphatic rings. The lowest BCUT2D eigenvalue weighted by atomic mass is 10.1. The fourth-order valence-corrected chi connectivity index (χ4v) is 3.38. The molecule has 122 valence electrons. The Labute approximate surface area is 151 Å². The minimum atomic E-state index is 0.761. The Hall–Kier alpha value is -2.98. The molecule has 0 N–H and O–H groups in total. The van der Waals surface area contributed by atoms with Crippen LogP contribution in [0.4, 0.5) is 16.5 Å². The highest BCUT2D eigenvalue weighted by molar-refractivity contribution is 7.10. The molecular formula is C21H17N3S. The van der Waals surface area contributed by atoms with E-state index in [1.54, 1.807) is 0 Å². The van der Waals surface area contributed by atoms with Crippen LogP contribution in [-0.2, 0) is 0 Å². The summed E-state index contributed by atoms with van der Waals surface area (Å²) in [5.74, 6) is 0.761. The largest absolute Gasteiger partial charge is 0.285 e. The van der Waals surface area contributed by atoms with Gasteiger partial charge in [-0.3, -0.25) is 4.90 Å². The minimum Gasteiger partial charge on any atom is -0.285 e. The van der Waals surface area contributed by atoms with E-state index in [0.717, 1.165) is 27.9 Å². The maximum Gasteiger partial charge on any atom is 0.214 e. The highest BCUT2D eigenvalue weighted by atomic mass is 32.1. The van der Waals surface area contributed by atoms with Crippen LogP contribution in [0.1, 0.15) is 5.56 Å².